The van der Waals surface area contributed by atoms with Gasteiger partial charge in [-0.05, 0) is 72.5 Å². The second-order valence-corrected chi connectivity index (χ2v) is 7.61. The number of hydrogen-bond acceptors (Lipinski definition) is 6. The zero-order valence-electron chi connectivity index (χ0n) is 17.5. The summed E-state index contributed by atoms with van der Waals surface area (Å²) in [6, 6.07) is 14.9. The normalized spacial score (nSPS) is 13.6. The largest absolute Gasteiger partial charge is 0.350 e. The number of hydrogen-bond donors (Lipinski definition) is 1. The van der Waals surface area contributed by atoms with Gasteiger partial charge in [-0.3, -0.25) is 29.6 Å². The van der Waals surface area contributed by atoms with Crippen LogP contribution in [0.2, 0.25) is 0 Å². The average molecular weight is 428 g/mol. The van der Waals surface area contributed by atoms with Gasteiger partial charge in [-0.1, -0.05) is 6.07 Å². The van der Waals surface area contributed by atoms with Crippen molar-refractivity contribution in [1.82, 2.24) is 9.88 Å². The second kappa shape index (κ2) is 8.43. The predicted molar refractivity (Wildman–Crippen MR) is 119 cm³/mol. The van der Waals surface area contributed by atoms with Crippen LogP contribution in [0.5, 0.6) is 0 Å². The van der Waals surface area contributed by atoms with Gasteiger partial charge in [0.05, 0.1) is 17.0 Å². The lowest BCUT2D eigenvalue weighted by Crippen LogP contribution is -2.32. The molecule has 0 saturated heterocycles. The molecule has 2 aromatic carbocycles. The first-order valence-corrected chi connectivity index (χ1v) is 9.93. The number of rotatable bonds is 6. The molecular weight excluding hydrogens is 408 g/mol. The van der Waals surface area contributed by atoms with Crippen molar-refractivity contribution >= 4 is 28.8 Å². The Bertz CT molecular complexity index is 1230. The second-order valence-electron chi connectivity index (χ2n) is 7.61. The van der Waals surface area contributed by atoms with Crippen molar-refractivity contribution in [2.24, 2.45) is 0 Å². The topological polar surface area (TPSA) is 105 Å². The third-order valence-electron chi connectivity index (χ3n) is 5.12. The van der Waals surface area contributed by atoms with E-state index >= 15 is 0 Å². The Morgan fingerprint density at radius 3 is 2.16 bits per heavy atom. The van der Waals surface area contributed by atoms with Crippen molar-refractivity contribution in [2.45, 2.75) is 20.4 Å². The van der Waals surface area contributed by atoms with Crippen LogP contribution < -0.4 is 5.32 Å². The van der Waals surface area contributed by atoms with Crippen LogP contribution in [-0.2, 0) is 16.1 Å². The number of nitro groups is 1. The van der Waals surface area contributed by atoms with Crippen LogP contribution in [-0.4, -0.2) is 26.6 Å². The number of aryl methyl sites for hydroxylation is 2. The van der Waals surface area contributed by atoms with Gasteiger partial charge in [0.15, 0.2) is 0 Å². The summed E-state index contributed by atoms with van der Waals surface area (Å²) >= 11 is 0. The Balaban J connectivity index is 1.77. The first-order chi connectivity index (χ1) is 15.3. The zero-order chi connectivity index (χ0) is 22.8. The Labute approximate surface area is 184 Å². The Hall–Kier alpha value is -4.33. The number of non-ortho nitro benzene ring substituents is 1. The van der Waals surface area contributed by atoms with Crippen molar-refractivity contribution in [3.05, 3.63) is 105 Å². The van der Waals surface area contributed by atoms with Gasteiger partial charge in [0.1, 0.15) is 5.70 Å². The van der Waals surface area contributed by atoms with Crippen LogP contribution in [0.3, 0.4) is 0 Å². The molecule has 0 unspecified atom stereocenters. The first-order valence-electron chi connectivity index (χ1n) is 9.93. The molecule has 32 heavy (non-hydrogen) atoms. The molecule has 4 rings (SSSR count). The minimum Gasteiger partial charge on any atom is -0.350 e. The van der Waals surface area contributed by atoms with E-state index in [1.54, 1.807) is 24.5 Å². The lowest BCUT2D eigenvalue weighted by Gasteiger charge is -2.15. The Kier molecular flexibility index (Phi) is 5.51. The third-order valence-corrected chi connectivity index (χ3v) is 5.12. The molecule has 0 radical (unpaired) electrons. The highest BCUT2D eigenvalue weighted by Crippen LogP contribution is 2.32. The van der Waals surface area contributed by atoms with E-state index in [0.29, 0.717) is 11.3 Å². The number of amides is 2. The van der Waals surface area contributed by atoms with Gasteiger partial charge in [-0.2, -0.15) is 0 Å². The SMILES string of the molecule is Cc1cc(C)cc(NC2=C(c3ccc([N+](=O)[O-])cc3)C(=O)N(Cc3ccncc3)C2=O)c1. The molecule has 0 saturated carbocycles. The van der Waals surface area contributed by atoms with E-state index in [0.717, 1.165) is 21.6 Å². The van der Waals surface area contributed by atoms with Gasteiger partial charge >= 0.3 is 0 Å². The van der Waals surface area contributed by atoms with Gasteiger partial charge in [0.25, 0.3) is 17.5 Å². The van der Waals surface area contributed by atoms with Crippen LogP contribution in [0.15, 0.2) is 72.7 Å². The lowest BCUT2D eigenvalue weighted by molar-refractivity contribution is -0.384. The molecular formula is C24H20N4O4. The first kappa shape index (κ1) is 20.9. The Morgan fingerprint density at radius 2 is 1.56 bits per heavy atom. The number of carbonyl (C=O) groups is 2. The summed E-state index contributed by atoms with van der Waals surface area (Å²) in [5, 5.41) is 14.1. The minimum absolute atomic E-state index is 0.0920. The zero-order valence-corrected chi connectivity index (χ0v) is 17.5. The lowest BCUT2D eigenvalue weighted by atomic mass is 10.0. The molecule has 1 aromatic heterocycles. The number of nitro benzene ring substituents is 1. The number of pyridine rings is 1. The fourth-order valence-electron chi connectivity index (χ4n) is 3.72. The van der Waals surface area contributed by atoms with E-state index in [2.05, 4.69) is 10.3 Å². The van der Waals surface area contributed by atoms with Crippen LogP contribution in [0, 0.1) is 24.0 Å². The number of nitrogens with one attached hydrogen (secondary N) is 1. The highest BCUT2D eigenvalue weighted by Gasteiger charge is 2.39. The molecule has 1 aliphatic heterocycles. The maximum absolute atomic E-state index is 13.3. The summed E-state index contributed by atoms with van der Waals surface area (Å²) < 4.78 is 0. The van der Waals surface area contributed by atoms with Gasteiger partial charge < -0.3 is 5.32 Å². The maximum atomic E-state index is 13.3. The molecule has 2 heterocycles. The molecule has 8 nitrogen and oxygen atoms in total. The number of imide groups is 1. The molecule has 160 valence electrons. The molecule has 2 amide bonds. The molecule has 0 bridgehead atoms. The van der Waals surface area contributed by atoms with Gasteiger partial charge in [0, 0.05) is 30.2 Å². The van der Waals surface area contributed by atoms with Crippen LogP contribution in [0.1, 0.15) is 22.3 Å². The van der Waals surface area contributed by atoms with E-state index in [-0.39, 0.29) is 23.5 Å². The van der Waals surface area contributed by atoms with Gasteiger partial charge in [-0.25, -0.2) is 0 Å². The molecule has 0 fully saturated rings. The van der Waals surface area contributed by atoms with E-state index in [1.165, 1.54) is 24.3 Å². The molecule has 0 atom stereocenters. The summed E-state index contributed by atoms with van der Waals surface area (Å²) in [6.07, 6.45) is 3.19. The smallest absolute Gasteiger partial charge is 0.278 e. The van der Waals surface area contributed by atoms with E-state index < -0.39 is 16.7 Å². The highest BCUT2D eigenvalue weighted by molar-refractivity contribution is 6.36. The quantitative estimate of drug-likeness (QED) is 0.361. The number of carbonyl (C=O) groups excluding carboxylic acids is 2. The fourth-order valence-corrected chi connectivity index (χ4v) is 3.72. The van der Waals surface area contributed by atoms with Crippen LogP contribution in [0.4, 0.5) is 11.4 Å². The van der Waals surface area contributed by atoms with Crippen molar-refractivity contribution < 1.29 is 14.5 Å². The summed E-state index contributed by atoms with van der Waals surface area (Å²) in [7, 11) is 0. The van der Waals surface area contributed by atoms with E-state index in [1.807, 2.05) is 32.0 Å². The predicted octanol–water partition coefficient (Wildman–Crippen LogP) is 4.00. The number of nitrogens with zero attached hydrogens (tertiary/aromatic N) is 3. The van der Waals surface area contributed by atoms with Gasteiger partial charge in [0.2, 0.25) is 0 Å². The standard InChI is InChI=1S/C24H20N4O4/c1-15-11-16(2)13-19(12-15)26-22-21(18-3-5-20(6-4-18)28(31)32)23(29)27(24(22)30)14-17-7-9-25-10-8-17/h3-13,26H,14H2,1-2H3. The van der Waals surface area contributed by atoms with Crippen molar-refractivity contribution in [3.8, 4) is 0 Å². The number of benzene rings is 2. The van der Waals surface area contributed by atoms with Crippen molar-refractivity contribution in [3.63, 3.8) is 0 Å². The third kappa shape index (κ3) is 4.11. The van der Waals surface area contributed by atoms with Crippen LogP contribution >= 0.6 is 0 Å². The molecule has 1 aliphatic rings. The molecule has 3 aromatic rings. The minimum atomic E-state index is -0.510. The Morgan fingerprint density at radius 1 is 0.938 bits per heavy atom. The summed E-state index contributed by atoms with van der Waals surface area (Å²) in [6.45, 7) is 3.98. The molecule has 0 spiro atoms. The molecule has 1 N–H and O–H groups in total. The summed E-state index contributed by atoms with van der Waals surface area (Å²) in [4.78, 5) is 42.3. The van der Waals surface area contributed by atoms with Crippen LogP contribution in [0.25, 0.3) is 5.57 Å². The fraction of sp³-hybridized carbons (Fsp3) is 0.125. The monoisotopic (exact) mass is 428 g/mol. The average Bonchev–Trinajstić information content (AvgIpc) is 2.98. The number of aromatic nitrogens is 1. The van der Waals surface area contributed by atoms with Crippen molar-refractivity contribution in [1.29, 1.82) is 0 Å². The highest BCUT2D eigenvalue weighted by atomic mass is 16.6. The van der Waals surface area contributed by atoms with Gasteiger partial charge in [-0.15, -0.1) is 0 Å². The molecule has 0 aliphatic carbocycles. The van der Waals surface area contributed by atoms with Crippen molar-refractivity contribution in [2.75, 3.05) is 5.32 Å². The van der Waals surface area contributed by atoms with E-state index in [4.69, 9.17) is 0 Å². The van der Waals surface area contributed by atoms with E-state index in [9.17, 15) is 19.7 Å². The molecule has 8 heteroatoms. The number of anilines is 1. The summed E-state index contributed by atoms with van der Waals surface area (Å²) in [5.74, 6) is -0.924. The maximum Gasteiger partial charge on any atom is 0.278 e. The summed E-state index contributed by atoms with van der Waals surface area (Å²) in [5.41, 5.74) is 4.12.